The monoisotopic (exact) mass is 381 g/mol. The number of halogens is 5. The third-order valence-corrected chi connectivity index (χ3v) is 2.76. The number of aromatic nitrogens is 3. The third kappa shape index (κ3) is 3.05. The molecule has 1 aromatic heterocycles. The molecule has 0 spiro atoms. The van der Waals surface area contributed by atoms with Crippen LogP contribution in [-0.2, 0) is 6.18 Å². The first-order valence-electron chi connectivity index (χ1n) is 4.61. The standard InChI is InChI=1S/C10H4Br2F3N3/c11-8-16-7(17-9(12)18-8)5-1-3-6(4-2-5)10(13,14)15/h1-4H. The summed E-state index contributed by atoms with van der Waals surface area (Å²) in [6.45, 7) is 0. The molecule has 0 saturated heterocycles. The van der Waals surface area contributed by atoms with Crippen molar-refractivity contribution in [2.75, 3.05) is 0 Å². The topological polar surface area (TPSA) is 38.7 Å². The van der Waals surface area contributed by atoms with Crippen LogP contribution in [0.4, 0.5) is 13.2 Å². The summed E-state index contributed by atoms with van der Waals surface area (Å²) in [5, 5.41) is 0. The van der Waals surface area contributed by atoms with Crippen LogP contribution in [0.1, 0.15) is 5.56 Å². The zero-order valence-corrected chi connectivity index (χ0v) is 11.7. The fourth-order valence-corrected chi connectivity index (χ4v) is 2.17. The van der Waals surface area contributed by atoms with E-state index in [1.165, 1.54) is 12.1 Å². The van der Waals surface area contributed by atoms with Gasteiger partial charge in [-0.25, -0.2) is 9.97 Å². The summed E-state index contributed by atoms with van der Waals surface area (Å²) in [4.78, 5) is 11.8. The molecular weight excluding hydrogens is 379 g/mol. The molecule has 0 aliphatic carbocycles. The van der Waals surface area contributed by atoms with Gasteiger partial charge in [0.1, 0.15) is 0 Å². The van der Waals surface area contributed by atoms with Gasteiger partial charge in [-0.15, -0.1) is 0 Å². The molecule has 0 aliphatic heterocycles. The fraction of sp³-hybridized carbons (Fsp3) is 0.100. The minimum absolute atomic E-state index is 0.289. The van der Waals surface area contributed by atoms with Gasteiger partial charge in [0.05, 0.1) is 5.56 Å². The largest absolute Gasteiger partial charge is 0.416 e. The smallest absolute Gasteiger partial charge is 0.202 e. The SMILES string of the molecule is FC(F)(F)c1ccc(-c2nc(Br)nc(Br)n2)cc1. The van der Waals surface area contributed by atoms with Gasteiger partial charge in [-0.05, 0) is 44.0 Å². The summed E-state index contributed by atoms with van der Waals surface area (Å²) in [6, 6.07) is 4.61. The van der Waals surface area contributed by atoms with Gasteiger partial charge in [0, 0.05) is 5.56 Å². The summed E-state index contributed by atoms with van der Waals surface area (Å²) in [7, 11) is 0. The third-order valence-electron chi connectivity index (χ3n) is 2.05. The van der Waals surface area contributed by atoms with Crippen LogP contribution >= 0.6 is 31.9 Å². The average molecular weight is 383 g/mol. The van der Waals surface area contributed by atoms with E-state index < -0.39 is 11.7 Å². The maximum absolute atomic E-state index is 12.4. The lowest BCUT2D eigenvalue weighted by atomic mass is 10.1. The van der Waals surface area contributed by atoms with Crippen molar-refractivity contribution in [3.05, 3.63) is 39.3 Å². The molecule has 3 nitrogen and oxygen atoms in total. The Bertz CT molecular complexity index is 549. The molecule has 0 atom stereocenters. The van der Waals surface area contributed by atoms with E-state index in [4.69, 9.17) is 0 Å². The van der Waals surface area contributed by atoms with Gasteiger partial charge in [-0.3, -0.25) is 0 Å². The predicted molar refractivity (Wildman–Crippen MR) is 65.7 cm³/mol. The van der Waals surface area contributed by atoms with Crippen molar-refractivity contribution in [1.82, 2.24) is 15.0 Å². The number of hydrogen-bond acceptors (Lipinski definition) is 3. The number of rotatable bonds is 1. The first-order valence-corrected chi connectivity index (χ1v) is 6.19. The summed E-state index contributed by atoms with van der Waals surface area (Å²) in [5.74, 6) is 0.289. The molecule has 0 aliphatic rings. The van der Waals surface area contributed by atoms with E-state index in [0.29, 0.717) is 15.0 Å². The number of hydrogen-bond donors (Lipinski definition) is 0. The van der Waals surface area contributed by atoms with E-state index in [0.717, 1.165) is 12.1 Å². The summed E-state index contributed by atoms with van der Waals surface area (Å²) in [5.41, 5.74) is -0.231. The highest BCUT2D eigenvalue weighted by Gasteiger charge is 2.30. The Hall–Kier alpha value is -1.02. The molecule has 18 heavy (non-hydrogen) atoms. The van der Waals surface area contributed by atoms with E-state index >= 15 is 0 Å². The molecule has 0 radical (unpaired) electrons. The Labute approximate surface area is 117 Å². The van der Waals surface area contributed by atoms with Crippen molar-refractivity contribution in [3.63, 3.8) is 0 Å². The average Bonchev–Trinajstić information content (AvgIpc) is 2.27. The second kappa shape index (κ2) is 4.93. The molecule has 1 heterocycles. The molecule has 0 saturated carbocycles. The van der Waals surface area contributed by atoms with Gasteiger partial charge in [0.2, 0.25) is 9.47 Å². The van der Waals surface area contributed by atoms with Gasteiger partial charge in [-0.1, -0.05) is 12.1 Å². The van der Waals surface area contributed by atoms with Crippen LogP contribution in [0.2, 0.25) is 0 Å². The van der Waals surface area contributed by atoms with Crippen LogP contribution in [0.3, 0.4) is 0 Å². The maximum Gasteiger partial charge on any atom is 0.416 e. The molecule has 1 aromatic carbocycles. The molecule has 94 valence electrons. The molecule has 0 N–H and O–H groups in total. The fourth-order valence-electron chi connectivity index (χ4n) is 1.26. The highest BCUT2D eigenvalue weighted by Crippen LogP contribution is 2.30. The first-order chi connectivity index (χ1) is 8.36. The summed E-state index contributed by atoms with van der Waals surface area (Å²) in [6.07, 6.45) is -4.35. The molecule has 0 fully saturated rings. The lowest BCUT2D eigenvalue weighted by Crippen LogP contribution is -2.04. The molecule has 2 aromatic rings. The van der Waals surface area contributed by atoms with Crippen LogP contribution in [0.5, 0.6) is 0 Å². The van der Waals surface area contributed by atoms with Crippen molar-refractivity contribution in [3.8, 4) is 11.4 Å². The summed E-state index contributed by atoms with van der Waals surface area (Å²) < 4.78 is 37.8. The van der Waals surface area contributed by atoms with Gasteiger partial charge in [-0.2, -0.15) is 18.2 Å². The van der Waals surface area contributed by atoms with E-state index in [1.807, 2.05) is 0 Å². The molecule has 0 amide bonds. The van der Waals surface area contributed by atoms with Gasteiger partial charge < -0.3 is 0 Å². The van der Waals surface area contributed by atoms with Gasteiger partial charge in [0.25, 0.3) is 0 Å². The van der Waals surface area contributed by atoms with E-state index in [9.17, 15) is 13.2 Å². The number of alkyl halides is 3. The molecule has 2 rings (SSSR count). The second-order valence-electron chi connectivity index (χ2n) is 3.27. The Balaban J connectivity index is 2.40. The molecule has 8 heteroatoms. The number of benzene rings is 1. The van der Waals surface area contributed by atoms with Crippen LogP contribution in [0.25, 0.3) is 11.4 Å². The summed E-state index contributed by atoms with van der Waals surface area (Å²) >= 11 is 6.17. The second-order valence-corrected chi connectivity index (χ2v) is 4.69. The maximum atomic E-state index is 12.4. The molecule has 0 bridgehead atoms. The minimum Gasteiger partial charge on any atom is -0.202 e. The number of nitrogens with zero attached hydrogens (tertiary/aromatic N) is 3. The Morgan fingerprint density at radius 2 is 1.33 bits per heavy atom. The normalized spacial score (nSPS) is 11.6. The Morgan fingerprint density at radius 3 is 1.78 bits per heavy atom. The molecule has 0 unspecified atom stereocenters. The van der Waals surface area contributed by atoms with Crippen molar-refractivity contribution >= 4 is 31.9 Å². The lowest BCUT2D eigenvalue weighted by Gasteiger charge is -2.07. The Morgan fingerprint density at radius 1 is 0.833 bits per heavy atom. The van der Waals surface area contributed by atoms with Crippen molar-refractivity contribution < 1.29 is 13.2 Å². The lowest BCUT2D eigenvalue weighted by molar-refractivity contribution is -0.137. The predicted octanol–water partition coefficient (Wildman–Crippen LogP) is 4.08. The highest BCUT2D eigenvalue weighted by atomic mass is 79.9. The quantitative estimate of drug-likeness (QED) is 0.745. The molecular formula is C10H4Br2F3N3. The zero-order valence-electron chi connectivity index (χ0n) is 8.54. The van der Waals surface area contributed by atoms with Crippen LogP contribution < -0.4 is 0 Å². The first kappa shape index (κ1) is 13.4. The van der Waals surface area contributed by atoms with Crippen molar-refractivity contribution in [2.24, 2.45) is 0 Å². The zero-order chi connectivity index (χ0) is 13.3. The van der Waals surface area contributed by atoms with E-state index in [-0.39, 0.29) is 5.82 Å². The van der Waals surface area contributed by atoms with Gasteiger partial charge >= 0.3 is 6.18 Å². The van der Waals surface area contributed by atoms with Crippen LogP contribution in [0.15, 0.2) is 33.7 Å². The van der Waals surface area contributed by atoms with Crippen LogP contribution in [0, 0.1) is 0 Å². The van der Waals surface area contributed by atoms with Gasteiger partial charge in [0.15, 0.2) is 5.82 Å². The van der Waals surface area contributed by atoms with E-state index in [1.54, 1.807) is 0 Å². The Kier molecular flexibility index (Phi) is 3.67. The van der Waals surface area contributed by atoms with E-state index in [2.05, 4.69) is 46.8 Å². The van der Waals surface area contributed by atoms with Crippen molar-refractivity contribution in [2.45, 2.75) is 6.18 Å². The van der Waals surface area contributed by atoms with Crippen molar-refractivity contribution in [1.29, 1.82) is 0 Å². The highest BCUT2D eigenvalue weighted by molar-refractivity contribution is 9.11. The minimum atomic E-state index is -4.35. The van der Waals surface area contributed by atoms with Crippen LogP contribution in [-0.4, -0.2) is 15.0 Å².